The van der Waals surface area contributed by atoms with Crippen LogP contribution in [0.5, 0.6) is 5.75 Å². The van der Waals surface area contributed by atoms with Crippen molar-refractivity contribution in [2.24, 2.45) is 5.92 Å². The summed E-state index contributed by atoms with van der Waals surface area (Å²) in [4.78, 5) is 31.3. The second-order valence-corrected chi connectivity index (χ2v) is 8.80. The Morgan fingerprint density at radius 1 is 1.06 bits per heavy atom. The molecule has 2 fully saturated rings. The van der Waals surface area contributed by atoms with E-state index < -0.39 is 0 Å². The first-order chi connectivity index (χ1) is 15.0. The number of amides is 1. The topological polar surface area (TPSA) is 66.2 Å². The molecule has 0 aliphatic carbocycles. The summed E-state index contributed by atoms with van der Waals surface area (Å²) in [5.41, 5.74) is 1.22. The van der Waals surface area contributed by atoms with E-state index in [1.807, 2.05) is 24.0 Å². The molecule has 2 saturated heterocycles. The number of nitrogens with zero attached hydrogens (tertiary/aromatic N) is 3. The van der Waals surface area contributed by atoms with Crippen LogP contribution in [-0.4, -0.2) is 73.0 Å². The summed E-state index contributed by atoms with van der Waals surface area (Å²) in [6.45, 7) is 11.3. The van der Waals surface area contributed by atoms with Gasteiger partial charge in [0, 0.05) is 57.3 Å². The molecule has 2 aromatic rings. The minimum Gasteiger partial charge on any atom is -0.494 e. The molecule has 0 atom stereocenters. The van der Waals surface area contributed by atoms with Crippen molar-refractivity contribution in [2.75, 3.05) is 52.4 Å². The van der Waals surface area contributed by atoms with E-state index in [4.69, 9.17) is 9.15 Å². The predicted molar refractivity (Wildman–Crippen MR) is 120 cm³/mol. The van der Waals surface area contributed by atoms with Gasteiger partial charge in [-0.3, -0.25) is 14.6 Å². The molecule has 0 N–H and O–H groups in total. The van der Waals surface area contributed by atoms with Crippen LogP contribution in [0.15, 0.2) is 33.5 Å². The zero-order chi connectivity index (χ0) is 21.8. The SMILES string of the molecule is CCOc1ccc2oc(=O)cc(CN3CCN(CC(=O)N4CCC(C)CC4)CC3)c2c1. The molecule has 1 aromatic carbocycles. The van der Waals surface area contributed by atoms with Gasteiger partial charge in [-0.2, -0.15) is 0 Å². The lowest BCUT2D eigenvalue weighted by Gasteiger charge is -2.36. The fourth-order valence-electron chi connectivity index (χ4n) is 4.49. The molecule has 7 nitrogen and oxygen atoms in total. The van der Waals surface area contributed by atoms with E-state index >= 15 is 0 Å². The summed E-state index contributed by atoms with van der Waals surface area (Å²) in [6, 6.07) is 7.17. The number of likely N-dealkylation sites (tertiary alicyclic amines) is 1. The van der Waals surface area contributed by atoms with Crippen molar-refractivity contribution in [3.05, 3.63) is 40.2 Å². The lowest BCUT2D eigenvalue weighted by atomic mass is 9.99. The fourth-order valence-corrected chi connectivity index (χ4v) is 4.49. The number of hydrogen-bond acceptors (Lipinski definition) is 6. The van der Waals surface area contributed by atoms with Crippen LogP contribution < -0.4 is 10.4 Å². The number of rotatable bonds is 6. The van der Waals surface area contributed by atoms with Crippen molar-refractivity contribution in [1.29, 1.82) is 0 Å². The zero-order valence-electron chi connectivity index (χ0n) is 18.6. The van der Waals surface area contributed by atoms with Gasteiger partial charge in [0.2, 0.25) is 5.91 Å². The molecular formula is C24H33N3O4. The van der Waals surface area contributed by atoms with E-state index in [0.29, 0.717) is 25.3 Å². The van der Waals surface area contributed by atoms with Gasteiger partial charge in [0.15, 0.2) is 0 Å². The lowest BCUT2D eigenvalue weighted by molar-refractivity contribution is -0.134. The standard InChI is InChI=1S/C24H33N3O4/c1-3-30-20-4-5-22-21(15-20)19(14-24(29)31-22)16-25-10-12-26(13-11-25)17-23(28)27-8-6-18(2)7-9-27/h4-5,14-15,18H,3,6-13,16-17H2,1-2H3. The van der Waals surface area contributed by atoms with Gasteiger partial charge in [-0.1, -0.05) is 6.92 Å². The number of carbonyl (C=O) groups is 1. The van der Waals surface area contributed by atoms with Crippen LogP contribution in [0.3, 0.4) is 0 Å². The molecule has 168 valence electrons. The van der Waals surface area contributed by atoms with E-state index in [2.05, 4.69) is 16.7 Å². The van der Waals surface area contributed by atoms with Crippen molar-refractivity contribution < 1.29 is 13.9 Å². The Morgan fingerprint density at radius 3 is 2.48 bits per heavy atom. The minimum atomic E-state index is -0.327. The second-order valence-electron chi connectivity index (χ2n) is 8.80. The fraction of sp³-hybridized carbons (Fsp3) is 0.583. The monoisotopic (exact) mass is 427 g/mol. The average Bonchev–Trinajstić information content (AvgIpc) is 2.76. The number of piperidine rings is 1. The maximum atomic E-state index is 12.6. The quantitative estimate of drug-likeness (QED) is 0.660. The van der Waals surface area contributed by atoms with Crippen molar-refractivity contribution in [2.45, 2.75) is 33.2 Å². The largest absolute Gasteiger partial charge is 0.494 e. The first-order valence-corrected chi connectivity index (χ1v) is 11.4. The van der Waals surface area contributed by atoms with Crippen LogP contribution in [0.1, 0.15) is 32.3 Å². The predicted octanol–water partition coefficient (Wildman–Crippen LogP) is 2.57. The summed E-state index contributed by atoms with van der Waals surface area (Å²) >= 11 is 0. The third-order valence-electron chi connectivity index (χ3n) is 6.46. The Kier molecular flexibility index (Phi) is 6.92. The Balaban J connectivity index is 1.35. The van der Waals surface area contributed by atoms with E-state index in [1.54, 1.807) is 12.1 Å². The van der Waals surface area contributed by atoms with Crippen LogP contribution in [0.25, 0.3) is 11.0 Å². The van der Waals surface area contributed by atoms with Crippen LogP contribution >= 0.6 is 0 Å². The van der Waals surface area contributed by atoms with Crippen molar-refractivity contribution in [3.8, 4) is 5.75 Å². The average molecular weight is 428 g/mol. The number of piperazine rings is 1. The third-order valence-corrected chi connectivity index (χ3v) is 6.46. The molecule has 1 amide bonds. The smallest absolute Gasteiger partial charge is 0.336 e. The molecular weight excluding hydrogens is 394 g/mol. The summed E-state index contributed by atoms with van der Waals surface area (Å²) in [5.74, 6) is 1.77. The number of benzene rings is 1. The van der Waals surface area contributed by atoms with Crippen LogP contribution in [0.4, 0.5) is 0 Å². The molecule has 0 radical (unpaired) electrons. The molecule has 2 aliphatic heterocycles. The summed E-state index contributed by atoms with van der Waals surface area (Å²) in [6.07, 6.45) is 2.23. The maximum Gasteiger partial charge on any atom is 0.336 e. The van der Waals surface area contributed by atoms with Gasteiger partial charge in [0.05, 0.1) is 13.2 Å². The highest BCUT2D eigenvalue weighted by Crippen LogP contribution is 2.24. The highest BCUT2D eigenvalue weighted by atomic mass is 16.5. The molecule has 4 rings (SSSR count). The Hall–Kier alpha value is -2.38. The first-order valence-electron chi connectivity index (χ1n) is 11.4. The molecule has 31 heavy (non-hydrogen) atoms. The van der Waals surface area contributed by atoms with E-state index in [-0.39, 0.29) is 11.5 Å². The van der Waals surface area contributed by atoms with Gasteiger partial charge in [-0.25, -0.2) is 4.79 Å². The molecule has 0 spiro atoms. The molecule has 1 aromatic heterocycles. The third kappa shape index (κ3) is 5.46. The van der Waals surface area contributed by atoms with E-state index in [1.165, 1.54) is 0 Å². The van der Waals surface area contributed by atoms with Gasteiger partial charge in [0.1, 0.15) is 11.3 Å². The van der Waals surface area contributed by atoms with E-state index in [0.717, 1.165) is 74.7 Å². The zero-order valence-corrected chi connectivity index (χ0v) is 18.6. The maximum absolute atomic E-state index is 12.6. The molecule has 0 unspecified atom stereocenters. The van der Waals surface area contributed by atoms with Crippen LogP contribution in [-0.2, 0) is 11.3 Å². The molecule has 7 heteroatoms. The second kappa shape index (κ2) is 9.83. The number of ether oxygens (including phenoxy) is 1. The van der Waals surface area contributed by atoms with Crippen LogP contribution in [0, 0.1) is 5.92 Å². The van der Waals surface area contributed by atoms with E-state index in [9.17, 15) is 9.59 Å². The van der Waals surface area contributed by atoms with Gasteiger partial charge in [0.25, 0.3) is 0 Å². The van der Waals surface area contributed by atoms with Gasteiger partial charge < -0.3 is 14.1 Å². The summed E-state index contributed by atoms with van der Waals surface area (Å²) < 4.78 is 11.0. The number of fused-ring (bicyclic) bond motifs is 1. The molecule has 3 heterocycles. The summed E-state index contributed by atoms with van der Waals surface area (Å²) in [7, 11) is 0. The van der Waals surface area contributed by atoms with Gasteiger partial charge in [-0.15, -0.1) is 0 Å². The number of hydrogen-bond donors (Lipinski definition) is 0. The highest BCUT2D eigenvalue weighted by molar-refractivity contribution is 5.81. The normalized spacial score (nSPS) is 19.1. The Morgan fingerprint density at radius 2 is 1.77 bits per heavy atom. The van der Waals surface area contributed by atoms with Crippen molar-refractivity contribution in [1.82, 2.24) is 14.7 Å². The Bertz CT molecular complexity index is 957. The summed E-state index contributed by atoms with van der Waals surface area (Å²) in [5, 5.41) is 0.919. The molecule has 2 aliphatic rings. The highest BCUT2D eigenvalue weighted by Gasteiger charge is 2.24. The Labute approximate surface area is 183 Å². The van der Waals surface area contributed by atoms with Gasteiger partial charge >= 0.3 is 5.63 Å². The molecule has 0 saturated carbocycles. The molecule has 0 bridgehead atoms. The lowest BCUT2D eigenvalue weighted by Crippen LogP contribution is -2.50. The first kappa shape index (κ1) is 21.8. The van der Waals surface area contributed by atoms with Crippen molar-refractivity contribution >= 4 is 16.9 Å². The van der Waals surface area contributed by atoms with Crippen molar-refractivity contribution in [3.63, 3.8) is 0 Å². The minimum absolute atomic E-state index is 0.260. The van der Waals surface area contributed by atoms with Gasteiger partial charge in [-0.05, 0) is 49.4 Å². The van der Waals surface area contributed by atoms with Crippen LogP contribution in [0.2, 0.25) is 0 Å². The number of carbonyl (C=O) groups excluding carboxylic acids is 1.